The third kappa shape index (κ3) is 3.62. The molecule has 1 aliphatic rings. The van der Waals surface area contributed by atoms with Crippen LogP contribution >= 0.6 is 11.3 Å². The lowest BCUT2D eigenvalue weighted by molar-refractivity contribution is 0.168. The summed E-state index contributed by atoms with van der Waals surface area (Å²) in [4.78, 5) is 7.15. The van der Waals surface area contributed by atoms with E-state index in [0.29, 0.717) is 12.1 Å². The molecule has 4 heteroatoms. The zero-order valence-electron chi connectivity index (χ0n) is 13.0. The number of nitrogens with zero attached hydrogens (tertiary/aromatic N) is 2. The third-order valence-electron chi connectivity index (χ3n) is 4.56. The van der Waals surface area contributed by atoms with Crippen LogP contribution in [0.5, 0.6) is 0 Å². The number of hydrogen-bond donors (Lipinski definition) is 1. The number of piperidine rings is 1. The molecule has 114 valence electrons. The van der Waals surface area contributed by atoms with Crippen molar-refractivity contribution in [2.24, 2.45) is 0 Å². The van der Waals surface area contributed by atoms with Crippen LogP contribution in [0.3, 0.4) is 0 Å². The van der Waals surface area contributed by atoms with Gasteiger partial charge in [0.15, 0.2) is 0 Å². The Morgan fingerprint density at radius 1 is 1.29 bits per heavy atom. The van der Waals surface area contributed by atoms with Crippen molar-refractivity contribution in [2.75, 3.05) is 19.6 Å². The van der Waals surface area contributed by atoms with Crippen LogP contribution in [0.4, 0.5) is 0 Å². The predicted octanol–water partition coefficient (Wildman–Crippen LogP) is 3.82. The Hall–Kier alpha value is -0.970. The summed E-state index contributed by atoms with van der Waals surface area (Å²) >= 11 is 1.77. The van der Waals surface area contributed by atoms with Crippen molar-refractivity contribution in [3.63, 3.8) is 0 Å². The molecule has 0 saturated carbocycles. The third-order valence-corrected chi connectivity index (χ3v) is 5.41. The first kappa shape index (κ1) is 14.9. The first-order valence-electron chi connectivity index (χ1n) is 8.04. The summed E-state index contributed by atoms with van der Waals surface area (Å²) in [6.07, 6.45) is 6.13. The summed E-state index contributed by atoms with van der Waals surface area (Å²) in [6.45, 7) is 8.15. The van der Waals surface area contributed by atoms with Crippen molar-refractivity contribution >= 4 is 21.6 Å². The molecule has 0 radical (unpaired) electrons. The summed E-state index contributed by atoms with van der Waals surface area (Å²) in [5, 5.41) is 5.78. The van der Waals surface area contributed by atoms with E-state index in [9.17, 15) is 0 Å². The number of hydrogen-bond acceptors (Lipinski definition) is 4. The Morgan fingerprint density at radius 3 is 2.90 bits per heavy atom. The van der Waals surface area contributed by atoms with E-state index in [2.05, 4.69) is 46.6 Å². The molecule has 0 spiro atoms. The van der Waals surface area contributed by atoms with Crippen LogP contribution in [0.25, 0.3) is 10.2 Å². The molecular weight excluding hydrogens is 278 g/mol. The smallest absolute Gasteiger partial charge is 0.0809 e. The highest BCUT2D eigenvalue weighted by atomic mass is 32.1. The molecule has 3 nitrogen and oxygen atoms in total. The Morgan fingerprint density at radius 2 is 2.10 bits per heavy atom. The highest BCUT2D eigenvalue weighted by Gasteiger charge is 2.17. The van der Waals surface area contributed by atoms with Crippen molar-refractivity contribution in [1.29, 1.82) is 0 Å². The average Bonchev–Trinajstić information content (AvgIpc) is 3.00. The zero-order chi connectivity index (χ0) is 14.7. The van der Waals surface area contributed by atoms with Gasteiger partial charge < -0.3 is 5.32 Å². The van der Waals surface area contributed by atoms with Gasteiger partial charge >= 0.3 is 0 Å². The first-order chi connectivity index (χ1) is 10.2. The molecule has 21 heavy (non-hydrogen) atoms. The summed E-state index contributed by atoms with van der Waals surface area (Å²) in [5.74, 6) is 0. The highest BCUT2D eigenvalue weighted by Crippen LogP contribution is 2.22. The first-order valence-corrected chi connectivity index (χ1v) is 8.92. The maximum atomic E-state index is 4.54. The summed E-state index contributed by atoms with van der Waals surface area (Å²) in [5.41, 5.74) is 2.40. The lowest BCUT2D eigenvalue weighted by Crippen LogP contribution is -2.43. The van der Waals surface area contributed by atoms with Gasteiger partial charge in [-0.15, -0.1) is 11.3 Å². The SMILES string of the molecule is CC(NCC(C)N1CCCCC1)c1cnc2ccsc2c1. The average molecular weight is 303 g/mol. The molecule has 3 heterocycles. The number of fused-ring (bicyclic) bond motifs is 1. The summed E-state index contributed by atoms with van der Waals surface area (Å²) in [7, 11) is 0. The molecule has 0 aromatic carbocycles. The molecule has 0 amide bonds. The van der Waals surface area contributed by atoms with Gasteiger partial charge in [0, 0.05) is 24.8 Å². The molecule has 1 fully saturated rings. The molecule has 2 aromatic rings. The maximum Gasteiger partial charge on any atom is 0.0809 e. The van der Waals surface area contributed by atoms with E-state index in [1.54, 1.807) is 11.3 Å². The fourth-order valence-corrected chi connectivity index (χ4v) is 3.84. The lowest BCUT2D eigenvalue weighted by Gasteiger charge is -2.33. The van der Waals surface area contributed by atoms with Crippen LogP contribution in [-0.4, -0.2) is 35.6 Å². The number of likely N-dealkylation sites (tertiary alicyclic amines) is 1. The van der Waals surface area contributed by atoms with Gasteiger partial charge in [-0.2, -0.15) is 0 Å². The second kappa shape index (κ2) is 6.86. The minimum atomic E-state index is 0.358. The number of rotatable bonds is 5. The van der Waals surface area contributed by atoms with Crippen molar-refractivity contribution in [3.05, 3.63) is 29.3 Å². The Balaban J connectivity index is 1.56. The van der Waals surface area contributed by atoms with Crippen molar-refractivity contribution in [1.82, 2.24) is 15.2 Å². The van der Waals surface area contributed by atoms with Crippen LogP contribution in [0.15, 0.2) is 23.7 Å². The van der Waals surface area contributed by atoms with E-state index in [1.165, 1.54) is 42.6 Å². The minimum Gasteiger partial charge on any atom is -0.309 e. The Labute approximate surface area is 131 Å². The quantitative estimate of drug-likeness (QED) is 0.910. The monoisotopic (exact) mass is 303 g/mol. The molecule has 1 saturated heterocycles. The molecule has 3 rings (SSSR count). The number of pyridine rings is 1. The van der Waals surface area contributed by atoms with Gasteiger partial charge in [0.1, 0.15) is 0 Å². The van der Waals surface area contributed by atoms with E-state index < -0.39 is 0 Å². The Kier molecular flexibility index (Phi) is 4.88. The van der Waals surface area contributed by atoms with E-state index in [-0.39, 0.29) is 0 Å². The van der Waals surface area contributed by atoms with E-state index in [1.807, 2.05) is 6.20 Å². The largest absolute Gasteiger partial charge is 0.309 e. The molecular formula is C17H25N3S. The molecule has 2 atom stereocenters. The summed E-state index contributed by atoms with van der Waals surface area (Å²) in [6, 6.07) is 5.33. The molecule has 0 bridgehead atoms. The van der Waals surface area contributed by atoms with Gasteiger partial charge in [0.25, 0.3) is 0 Å². The number of thiophene rings is 1. The van der Waals surface area contributed by atoms with Gasteiger partial charge in [0.05, 0.1) is 10.2 Å². The van der Waals surface area contributed by atoms with E-state index in [4.69, 9.17) is 0 Å². The molecule has 0 aliphatic carbocycles. The van der Waals surface area contributed by atoms with E-state index >= 15 is 0 Å². The van der Waals surface area contributed by atoms with Crippen molar-refractivity contribution in [3.8, 4) is 0 Å². The molecule has 2 unspecified atom stereocenters. The van der Waals surface area contributed by atoms with Crippen LogP contribution in [-0.2, 0) is 0 Å². The zero-order valence-corrected chi connectivity index (χ0v) is 13.8. The van der Waals surface area contributed by atoms with Crippen LogP contribution in [0.1, 0.15) is 44.7 Å². The molecule has 2 aromatic heterocycles. The number of aromatic nitrogens is 1. The Bertz CT molecular complexity index is 574. The van der Waals surface area contributed by atoms with Gasteiger partial charge in [-0.05, 0) is 62.9 Å². The van der Waals surface area contributed by atoms with Gasteiger partial charge in [-0.3, -0.25) is 9.88 Å². The second-order valence-corrected chi connectivity index (χ2v) is 7.10. The highest BCUT2D eigenvalue weighted by molar-refractivity contribution is 7.17. The van der Waals surface area contributed by atoms with Crippen molar-refractivity contribution in [2.45, 2.75) is 45.2 Å². The lowest BCUT2D eigenvalue weighted by atomic mass is 10.1. The van der Waals surface area contributed by atoms with Gasteiger partial charge in [-0.25, -0.2) is 0 Å². The minimum absolute atomic E-state index is 0.358. The topological polar surface area (TPSA) is 28.2 Å². The molecule has 1 N–H and O–H groups in total. The van der Waals surface area contributed by atoms with Crippen LogP contribution < -0.4 is 5.32 Å². The van der Waals surface area contributed by atoms with Crippen LogP contribution in [0.2, 0.25) is 0 Å². The van der Waals surface area contributed by atoms with Gasteiger partial charge in [-0.1, -0.05) is 6.42 Å². The van der Waals surface area contributed by atoms with Gasteiger partial charge in [0.2, 0.25) is 0 Å². The van der Waals surface area contributed by atoms with Crippen molar-refractivity contribution < 1.29 is 0 Å². The maximum absolute atomic E-state index is 4.54. The van der Waals surface area contributed by atoms with E-state index in [0.717, 1.165) is 12.1 Å². The normalized spacial score (nSPS) is 19.7. The fraction of sp³-hybridized carbons (Fsp3) is 0.588. The molecule has 1 aliphatic heterocycles. The second-order valence-electron chi connectivity index (χ2n) is 6.15. The standard InChI is InChI=1S/C17H25N3S/c1-13(20-7-4-3-5-8-20)11-18-14(2)15-10-17-16(19-12-15)6-9-21-17/h6,9-10,12-14,18H,3-5,7-8,11H2,1-2H3. The summed E-state index contributed by atoms with van der Waals surface area (Å²) < 4.78 is 1.28. The number of nitrogens with one attached hydrogen (secondary N) is 1. The fourth-order valence-electron chi connectivity index (χ4n) is 3.05. The predicted molar refractivity (Wildman–Crippen MR) is 90.9 cm³/mol. The van der Waals surface area contributed by atoms with Crippen LogP contribution in [0, 0.1) is 0 Å².